The van der Waals surface area contributed by atoms with Crippen molar-refractivity contribution >= 4 is 17.5 Å². The fraction of sp³-hybridized carbons (Fsp3) is 0.524. The van der Waals surface area contributed by atoms with Crippen molar-refractivity contribution in [3.8, 4) is 11.5 Å². The standard InChI is InChI=1S/C21H29N5O2/c1-14-10-20(22-2)25-21(23-14)24-16-4-7-18(27-3)19(11-16)28-13-15-8-9-26(12-15)17-5-6-17/h4,7,10-11,15,17H,5-6,8-9,12-13H2,1-3H3,(H2,22,23,24,25)/t15-/m1/s1. The van der Waals surface area contributed by atoms with Gasteiger partial charge >= 0.3 is 0 Å². The van der Waals surface area contributed by atoms with E-state index in [9.17, 15) is 0 Å². The van der Waals surface area contributed by atoms with Gasteiger partial charge in [-0.2, -0.15) is 4.98 Å². The lowest BCUT2D eigenvalue weighted by Crippen LogP contribution is -2.24. The van der Waals surface area contributed by atoms with Gasteiger partial charge in [-0.15, -0.1) is 0 Å². The highest BCUT2D eigenvalue weighted by Crippen LogP contribution is 2.34. The second kappa shape index (κ2) is 8.22. The molecule has 28 heavy (non-hydrogen) atoms. The molecular weight excluding hydrogens is 354 g/mol. The van der Waals surface area contributed by atoms with Crippen LogP contribution in [0, 0.1) is 12.8 Å². The molecule has 7 nitrogen and oxygen atoms in total. The predicted molar refractivity (Wildman–Crippen MR) is 111 cm³/mol. The molecule has 1 saturated heterocycles. The molecule has 0 radical (unpaired) electrons. The number of nitrogens with zero attached hydrogens (tertiary/aromatic N) is 3. The highest BCUT2D eigenvalue weighted by Gasteiger charge is 2.34. The number of anilines is 3. The summed E-state index contributed by atoms with van der Waals surface area (Å²) in [4.78, 5) is 11.5. The summed E-state index contributed by atoms with van der Waals surface area (Å²) < 4.78 is 11.6. The molecule has 0 spiro atoms. The molecular formula is C21H29N5O2. The lowest BCUT2D eigenvalue weighted by Gasteiger charge is -2.17. The van der Waals surface area contributed by atoms with Crippen LogP contribution in [0.4, 0.5) is 17.5 Å². The Morgan fingerprint density at radius 1 is 1.14 bits per heavy atom. The van der Waals surface area contributed by atoms with Crippen molar-refractivity contribution < 1.29 is 9.47 Å². The summed E-state index contributed by atoms with van der Waals surface area (Å²) in [6, 6.07) is 8.56. The van der Waals surface area contributed by atoms with Gasteiger partial charge in [-0.25, -0.2) is 4.98 Å². The SMILES string of the molecule is CNc1cc(C)nc(Nc2ccc(OC)c(OC[C@@H]3CCN(C4CC4)C3)c2)n1. The van der Waals surface area contributed by atoms with Gasteiger partial charge in [-0.05, 0) is 44.9 Å². The first-order chi connectivity index (χ1) is 13.6. The Bertz CT molecular complexity index is 824. The van der Waals surface area contributed by atoms with Crippen LogP contribution in [0.2, 0.25) is 0 Å². The summed E-state index contributed by atoms with van der Waals surface area (Å²) in [5.74, 6) is 3.40. The minimum atomic E-state index is 0.552. The highest BCUT2D eigenvalue weighted by atomic mass is 16.5. The monoisotopic (exact) mass is 383 g/mol. The van der Waals surface area contributed by atoms with E-state index in [2.05, 4.69) is 25.5 Å². The van der Waals surface area contributed by atoms with Gasteiger partial charge in [-0.3, -0.25) is 4.90 Å². The molecule has 7 heteroatoms. The van der Waals surface area contributed by atoms with Gasteiger partial charge in [0.1, 0.15) is 5.82 Å². The third kappa shape index (κ3) is 4.47. The largest absolute Gasteiger partial charge is 0.493 e. The van der Waals surface area contributed by atoms with Crippen LogP contribution in [-0.4, -0.2) is 54.8 Å². The molecule has 2 N–H and O–H groups in total. The maximum Gasteiger partial charge on any atom is 0.229 e. The van der Waals surface area contributed by atoms with E-state index in [0.717, 1.165) is 41.3 Å². The number of aromatic nitrogens is 2. The van der Waals surface area contributed by atoms with Crippen LogP contribution in [0.25, 0.3) is 0 Å². The van der Waals surface area contributed by atoms with E-state index in [1.807, 2.05) is 38.2 Å². The van der Waals surface area contributed by atoms with Crippen LogP contribution in [0.3, 0.4) is 0 Å². The minimum absolute atomic E-state index is 0.552. The molecule has 0 amide bonds. The van der Waals surface area contributed by atoms with Gasteiger partial charge in [-0.1, -0.05) is 0 Å². The molecule has 2 fully saturated rings. The Hall–Kier alpha value is -2.54. The molecule has 1 aromatic carbocycles. The first kappa shape index (κ1) is 18.8. The van der Waals surface area contributed by atoms with E-state index in [-0.39, 0.29) is 0 Å². The third-order valence-electron chi connectivity index (χ3n) is 5.39. The Morgan fingerprint density at radius 2 is 2.00 bits per heavy atom. The second-order valence-electron chi connectivity index (χ2n) is 7.65. The van der Waals surface area contributed by atoms with Crippen molar-refractivity contribution in [1.29, 1.82) is 0 Å². The summed E-state index contributed by atoms with van der Waals surface area (Å²) in [6.07, 6.45) is 3.94. The fourth-order valence-electron chi connectivity index (χ4n) is 3.73. The zero-order chi connectivity index (χ0) is 19.5. The van der Waals surface area contributed by atoms with Gasteiger partial charge in [0.2, 0.25) is 5.95 Å². The lowest BCUT2D eigenvalue weighted by atomic mass is 10.1. The first-order valence-corrected chi connectivity index (χ1v) is 10.00. The summed E-state index contributed by atoms with van der Waals surface area (Å²) in [6.45, 7) is 5.02. The summed E-state index contributed by atoms with van der Waals surface area (Å²) in [5.41, 5.74) is 1.77. The molecule has 1 aromatic heterocycles. The molecule has 1 saturated carbocycles. The number of hydrogen-bond acceptors (Lipinski definition) is 7. The Labute approximate surface area is 166 Å². The van der Waals surface area contributed by atoms with E-state index in [4.69, 9.17) is 9.47 Å². The number of hydrogen-bond donors (Lipinski definition) is 2. The van der Waals surface area contributed by atoms with Crippen molar-refractivity contribution in [1.82, 2.24) is 14.9 Å². The average Bonchev–Trinajstić information content (AvgIpc) is 3.44. The van der Waals surface area contributed by atoms with Crippen molar-refractivity contribution in [2.75, 3.05) is 44.5 Å². The van der Waals surface area contributed by atoms with Gasteiger partial charge in [0.05, 0.1) is 13.7 Å². The highest BCUT2D eigenvalue weighted by molar-refractivity contribution is 5.60. The van der Waals surface area contributed by atoms with E-state index < -0.39 is 0 Å². The Balaban J connectivity index is 1.43. The second-order valence-corrected chi connectivity index (χ2v) is 7.65. The van der Waals surface area contributed by atoms with Gasteiger partial charge < -0.3 is 20.1 Å². The van der Waals surface area contributed by atoms with E-state index in [1.54, 1.807) is 7.11 Å². The molecule has 2 heterocycles. The van der Waals surface area contributed by atoms with Crippen LogP contribution in [0.15, 0.2) is 24.3 Å². The molecule has 0 bridgehead atoms. The minimum Gasteiger partial charge on any atom is -0.493 e. The molecule has 150 valence electrons. The van der Waals surface area contributed by atoms with Crippen LogP contribution in [0.1, 0.15) is 25.0 Å². The van der Waals surface area contributed by atoms with E-state index >= 15 is 0 Å². The number of rotatable bonds is 8. The molecule has 2 aromatic rings. The lowest BCUT2D eigenvalue weighted by molar-refractivity contribution is 0.230. The van der Waals surface area contributed by atoms with E-state index in [1.165, 1.54) is 25.8 Å². The van der Waals surface area contributed by atoms with Crippen LogP contribution in [-0.2, 0) is 0 Å². The normalized spacial score (nSPS) is 19.5. The smallest absolute Gasteiger partial charge is 0.229 e. The van der Waals surface area contributed by atoms with Crippen LogP contribution < -0.4 is 20.1 Å². The number of benzene rings is 1. The quantitative estimate of drug-likeness (QED) is 0.723. The van der Waals surface area contributed by atoms with Crippen LogP contribution in [0.5, 0.6) is 11.5 Å². The van der Waals surface area contributed by atoms with Crippen LogP contribution >= 0.6 is 0 Å². The molecule has 1 aliphatic heterocycles. The molecule has 1 atom stereocenters. The van der Waals surface area contributed by atoms with Crippen molar-refractivity contribution in [2.24, 2.45) is 5.92 Å². The number of nitrogens with one attached hydrogen (secondary N) is 2. The Kier molecular flexibility index (Phi) is 5.52. The van der Waals surface area contributed by atoms with Gasteiger partial charge in [0, 0.05) is 49.1 Å². The van der Waals surface area contributed by atoms with Gasteiger partial charge in [0.15, 0.2) is 11.5 Å². The first-order valence-electron chi connectivity index (χ1n) is 10.00. The molecule has 4 rings (SSSR count). The van der Waals surface area contributed by atoms with Crippen molar-refractivity contribution in [3.63, 3.8) is 0 Å². The maximum atomic E-state index is 6.16. The Morgan fingerprint density at radius 3 is 2.75 bits per heavy atom. The molecule has 2 aliphatic rings. The summed E-state index contributed by atoms with van der Waals surface area (Å²) in [7, 11) is 3.51. The number of aryl methyl sites for hydroxylation is 1. The number of likely N-dealkylation sites (tertiary alicyclic amines) is 1. The van der Waals surface area contributed by atoms with Crippen molar-refractivity contribution in [3.05, 3.63) is 30.0 Å². The summed E-state index contributed by atoms with van der Waals surface area (Å²) in [5, 5.41) is 6.31. The number of methoxy groups -OCH3 is 1. The maximum absolute atomic E-state index is 6.16. The molecule has 1 aliphatic carbocycles. The third-order valence-corrected chi connectivity index (χ3v) is 5.39. The summed E-state index contributed by atoms with van der Waals surface area (Å²) >= 11 is 0. The van der Waals surface area contributed by atoms with E-state index in [0.29, 0.717) is 18.5 Å². The van der Waals surface area contributed by atoms with Gasteiger partial charge in [0.25, 0.3) is 0 Å². The predicted octanol–water partition coefficient (Wildman–Crippen LogP) is 3.44. The van der Waals surface area contributed by atoms with Crippen molar-refractivity contribution in [2.45, 2.75) is 32.2 Å². The zero-order valence-corrected chi connectivity index (χ0v) is 16.9. The zero-order valence-electron chi connectivity index (χ0n) is 16.9. The molecule has 0 unspecified atom stereocenters. The fourth-order valence-corrected chi connectivity index (χ4v) is 3.73. The number of ether oxygens (including phenoxy) is 2. The average molecular weight is 383 g/mol. The topological polar surface area (TPSA) is 71.5 Å².